The number of piperidine rings is 1. The first-order valence-corrected chi connectivity index (χ1v) is 7.47. The van der Waals surface area contributed by atoms with E-state index in [0.717, 1.165) is 43.5 Å². The maximum Gasteiger partial charge on any atom is 0.119 e. The van der Waals surface area contributed by atoms with Crippen LogP contribution in [-0.4, -0.2) is 44.9 Å². The monoisotopic (exact) mass is 278 g/mol. The molecule has 2 rings (SSSR count). The second-order valence-electron chi connectivity index (χ2n) is 5.51. The van der Waals surface area contributed by atoms with Gasteiger partial charge in [0.15, 0.2) is 0 Å². The van der Waals surface area contributed by atoms with Gasteiger partial charge in [0, 0.05) is 25.9 Å². The summed E-state index contributed by atoms with van der Waals surface area (Å²) in [5.74, 6) is 1.65. The van der Waals surface area contributed by atoms with Crippen molar-refractivity contribution in [3.8, 4) is 5.75 Å². The van der Waals surface area contributed by atoms with Gasteiger partial charge >= 0.3 is 0 Å². The summed E-state index contributed by atoms with van der Waals surface area (Å²) in [5, 5.41) is 0. The number of likely N-dealkylation sites (tertiary alicyclic amines) is 1. The SMILES string of the molecule is COCC1CCN(CCCOc2ccc(N)cc2)CC1. The second-order valence-corrected chi connectivity index (χ2v) is 5.51. The minimum Gasteiger partial charge on any atom is -0.494 e. The number of nitrogen functional groups attached to an aromatic ring is 1. The molecule has 0 atom stereocenters. The Kier molecular flexibility index (Phi) is 6.15. The van der Waals surface area contributed by atoms with Gasteiger partial charge in [-0.05, 0) is 62.5 Å². The molecule has 2 N–H and O–H groups in total. The minimum absolute atomic E-state index is 0.752. The summed E-state index contributed by atoms with van der Waals surface area (Å²) < 4.78 is 10.9. The van der Waals surface area contributed by atoms with E-state index in [1.165, 1.54) is 25.9 Å². The van der Waals surface area contributed by atoms with E-state index in [0.29, 0.717) is 0 Å². The molecule has 0 unspecified atom stereocenters. The zero-order valence-electron chi connectivity index (χ0n) is 12.4. The zero-order chi connectivity index (χ0) is 14.2. The van der Waals surface area contributed by atoms with Crippen LogP contribution in [0.15, 0.2) is 24.3 Å². The van der Waals surface area contributed by atoms with Crippen molar-refractivity contribution in [3.05, 3.63) is 24.3 Å². The first kappa shape index (κ1) is 15.1. The molecular formula is C16H26N2O2. The Balaban J connectivity index is 1.56. The van der Waals surface area contributed by atoms with Crippen molar-refractivity contribution in [3.63, 3.8) is 0 Å². The molecule has 0 bridgehead atoms. The third-order valence-electron chi connectivity index (χ3n) is 3.88. The fraction of sp³-hybridized carbons (Fsp3) is 0.625. The summed E-state index contributed by atoms with van der Waals surface area (Å²) in [6.07, 6.45) is 3.58. The lowest BCUT2D eigenvalue weighted by molar-refractivity contribution is 0.0970. The van der Waals surface area contributed by atoms with Crippen molar-refractivity contribution in [1.82, 2.24) is 4.90 Å². The van der Waals surface area contributed by atoms with Crippen LogP contribution in [0, 0.1) is 5.92 Å². The van der Waals surface area contributed by atoms with E-state index in [2.05, 4.69) is 4.90 Å². The number of ether oxygens (including phenoxy) is 2. The van der Waals surface area contributed by atoms with Crippen LogP contribution in [0.1, 0.15) is 19.3 Å². The number of anilines is 1. The summed E-state index contributed by atoms with van der Waals surface area (Å²) in [6.45, 7) is 5.18. The van der Waals surface area contributed by atoms with E-state index < -0.39 is 0 Å². The quantitative estimate of drug-likeness (QED) is 0.614. The molecule has 4 heteroatoms. The van der Waals surface area contributed by atoms with Gasteiger partial charge in [-0.25, -0.2) is 0 Å². The normalized spacial score (nSPS) is 17.2. The highest BCUT2D eigenvalue weighted by atomic mass is 16.5. The summed E-state index contributed by atoms with van der Waals surface area (Å²) in [4.78, 5) is 2.53. The molecule has 0 aliphatic carbocycles. The van der Waals surface area contributed by atoms with Crippen LogP contribution in [0.5, 0.6) is 5.75 Å². The molecule has 1 aromatic rings. The first-order valence-electron chi connectivity index (χ1n) is 7.47. The largest absolute Gasteiger partial charge is 0.494 e. The van der Waals surface area contributed by atoms with E-state index in [1.54, 1.807) is 7.11 Å². The van der Waals surface area contributed by atoms with Crippen molar-refractivity contribution in [2.45, 2.75) is 19.3 Å². The predicted octanol–water partition coefficient (Wildman–Crippen LogP) is 2.40. The predicted molar refractivity (Wildman–Crippen MR) is 82.0 cm³/mol. The first-order chi connectivity index (χ1) is 9.78. The third kappa shape index (κ3) is 5.02. The number of rotatable bonds is 7. The van der Waals surface area contributed by atoms with Gasteiger partial charge in [0.1, 0.15) is 5.75 Å². The number of nitrogens with zero attached hydrogens (tertiary/aromatic N) is 1. The Bertz CT molecular complexity index is 373. The van der Waals surface area contributed by atoms with Gasteiger partial charge in [-0.3, -0.25) is 0 Å². The van der Waals surface area contributed by atoms with Crippen LogP contribution in [-0.2, 0) is 4.74 Å². The van der Waals surface area contributed by atoms with E-state index in [4.69, 9.17) is 15.2 Å². The van der Waals surface area contributed by atoms with Crippen molar-refractivity contribution in [2.75, 3.05) is 45.7 Å². The Morgan fingerprint density at radius 3 is 2.55 bits per heavy atom. The van der Waals surface area contributed by atoms with E-state index in [9.17, 15) is 0 Å². The van der Waals surface area contributed by atoms with Crippen LogP contribution in [0.4, 0.5) is 5.69 Å². The number of methoxy groups -OCH3 is 1. The van der Waals surface area contributed by atoms with E-state index in [1.807, 2.05) is 24.3 Å². The summed E-state index contributed by atoms with van der Waals surface area (Å²) >= 11 is 0. The maximum absolute atomic E-state index is 5.71. The highest BCUT2D eigenvalue weighted by Crippen LogP contribution is 2.17. The summed E-state index contributed by atoms with van der Waals surface area (Å²) in [7, 11) is 1.79. The smallest absolute Gasteiger partial charge is 0.119 e. The van der Waals surface area contributed by atoms with E-state index in [-0.39, 0.29) is 0 Å². The number of hydrogen-bond donors (Lipinski definition) is 1. The minimum atomic E-state index is 0.752. The topological polar surface area (TPSA) is 47.7 Å². The fourth-order valence-electron chi connectivity index (χ4n) is 2.65. The Morgan fingerprint density at radius 2 is 1.90 bits per heavy atom. The van der Waals surface area contributed by atoms with Gasteiger partial charge in [-0.1, -0.05) is 0 Å². The Labute approximate surface area is 121 Å². The van der Waals surface area contributed by atoms with Gasteiger partial charge in [-0.2, -0.15) is 0 Å². The molecular weight excluding hydrogens is 252 g/mol. The van der Waals surface area contributed by atoms with Crippen LogP contribution in [0.2, 0.25) is 0 Å². The highest BCUT2D eigenvalue weighted by molar-refractivity contribution is 5.41. The molecule has 1 fully saturated rings. The van der Waals surface area contributed by atoms with Crippen LogP contribution in [0.3, 0.4) is 0 Å². The Morgan fingerprint density at radius 1 is 1.20 bits per heavy atom. The molecule has 0 aromatic heterocycles. The third-order valence-corrected chi connectivity index (χ3v) is 3.88. The molecule has 20 heavy (non-hydrogen) atoms. The lowest BCUT2D eigenvalue weighted by Gasteiger charge is -2.31. The fourth-order valence-corrected chi connectivity index (χ4v) is 2.65. The lowest BCUT2D eigenvalue weighted by Crippen LogP contribution is -2.36. The number of nitrogens with two attached hydrogens (primary N) is 1. The average Bonchev–Trinajstić information content (AvgIpc) is 2.47. The molecule has 4 nitrogen and oxygen atoms in total. The maximum atomic E-state index is 5.71. The van der Waals surface area contributed by atoms with Gasteiger partial charge in [-0.15, -0.1) is 0 Å². The zero-order valence-corrected chi connectivity index (χ0v) is 12.4. The van der Waals surface area contributed by atoms with Gasteiger partial charge in [0.25, 0.3) is 0 Å². The molecule has 1 aliphatic heterocycles. The molecule has 112 valence electrons. The molecule has 1 heterocycles. The summed E-state index contributed by atoms with van der Waals surface area (Å²) in [6, 6.07) is 7.59. The molecule has 1 saturated heterocycles. The lowest BCUT2D eigenvalue weighted by atomic mass is 9.98. The second kappa shape index (κ2) is 8.12. The molecule has 0 radical (unpaired) electrons. The number of hydrogen-bond acceptors (Lipinski definition) is 4. The van der Waals surface area contributed by atoms with Gasteiger partial charge in [0.2, 0.25) is 0 Å². The molecule has 0 saturated carbocycles. The molecule has 1 aromatic carbocycles. The van der Waals surface area contributed by atoms with Crippen molar-refractivity contribution >= 4 is 5.69 Å². The molecule has 0 amide bonds. The van der Waals surface area contributed by atoms with Gasteiger partial charge < -0.3 is 20.1 Å². The van der Waals surface area contributed by atoms with Gasteiger partial charge in [0.05, 0.1) is 6.61 Å². The van der Waals surface area contributed by atoms with Crippen molar-refractivity contribution < 1.29 is 9.47 Å². The standard InChI is InChI=1S/C16H26N2O2/c1-19-13-14-7-10-18(11-8-14)9-2-12-20-16-5-3-15(17)4-6-16/h3-6,14H,2,7-13,17H2,1H3. The molecule has 0 spiro atoms. The average molecular weight is 278 g/mol. The van der Waals surface area contributed by atoms with Crippen LogP contribution >= 0.6 is 0 Å². The van der Waals surface area contributed by atoms with Crippen molar-refractivity contribution in [2.24, 2.45) is 5.92 Å². The van der Waals surface area contributed by atoms with Crippen LogP contribution < -0.4 is 10.5 Å². The molecule has 1 aliphatic rings. The van der Waals surface area contributed by atoms with E-state index >= 15 is 0 Å². The Hall–Kier alpha value is -1.26. The summed E-state index contributed by atoms with van der Waals surface area (Å²) in [5.41, 5.74) is 6.41. The highest BCUT2D eigenvalue weighted by Gasteiger charge is 2.18. The number of benzene rings is 1. The van der Waals surface area contributed by atoms with Crippen molar-refractivity contribution in [1.29, 1.82) is 0 Å². The van der Waals surface area contributed by atoms with Crippen LogP contribution in [0.25, 0.3) is 0 Å².